The Kier molecular flexibility index (Phi) is 7.45. The molecule has 0 atom stereocenters. The van der Waals surface area contributed by atoms with Crippen LogP contribution in [0.5, 0.6) is 17.2 Å². The van der Waals surface area contributed by atoms with Crippen molar-refractivity contribution in [1.29, 1.82) is 0 Å². The standard InChI is InChI=1S/C26H22ClNO5S/c1-3-32-23-14-18(6-13-22(23)33-16-17-4-7-19(27)8-5-17)15-24-25(29)28(26(30)34-24)20-9-11-21(31-2)12-10-20/h4-15H,3,16H2,1-2H3/b24-15-. The van der Waals surface area contributed by atoms with Crippen LogP contribution in [0, 0.1) is 0 Å². The quantitative estimate of drug-likeness (QED) is 0.329. The number of thioether (sulfide) groups is 1. The van der Waals surface area contributed by atoms with Crippen molar-refractivity contribution in [2.24, 2.45) is 0 Å². The largest absolute Gasteiger partial charge is 0.497 e. The lowest BCUT2D eigenvalue weighted by Gasteiger charge is -2.13. The number of carbonyl (C=O) groups excluding carboxylic acids is 2. The Bertz CT molecular complexity index is 1220. The van der Waals surface area contributed by atoms with Crippen LogP contribution in [-0.2, 0) is 11.4 Å². The minimum atomic E-state index is -0.374. The van der Waals surface area contributed by atoms with E-state index in [0.29, 0.717) is 46.1 Å². The first-order valence-electron chi connectivity index (χ1n) is 10.5. The van der Waals surface area contributed by atoms with Crippen LogP contribution in [-0.4, -0.2) is 24.9 Å². The third-order valence-corrected chi connectivity index (χ3v) is 6.12. The molecule has 34 heavy (non-hydrogen) atoms. The average molecular weight is 496 g/mol. The highest BCUT2D eigenvalue weighted by Crippen LogP contribution is 2.37. The number of amides is 2. The summed E-state index contributed by atoms with van der Waals surface area (Å²) in [5.74, 6) is 1.41. The number of hydrogen-bond donors (Lipinski definition) is 0. The minimum Gasteiger partial charge on any atom is -0.497 e. The number of rotatable bonds is 8. The molecule has 8 heteroatoms. The molecule has 174 valence electrons. The highest BCUT2D eigenvalue weighted by Gasteiger charge is 2.36. The van der Waals surface area contributed by atoms with Gasteiger partial charge in [-0.15, -0.1) is 0 Å². The molecule has 1 saturated heterocycles. The molecule has 6 nitrogen and oxygen atoms in total. The molecule has 0 N–H and O–H groups in total. The number of imide groups is 1. The lowest BCUT2D eigenvalue weighted by Crippen LogP contribution is -2.27. The van der Waals surface area contributed by atoms with Crippen molar-refractivity contribution in [1.82, 2.24) is 0 Å². The van der Waals surface area contributed by atoms with Crippen LogP contribution in [0.15, 0.2) is 71.6 Å². The number of carbonyl (C=O) groups is 2. The van der Waals surface area contributed by atoms with E-state index < -0.39 is 0 Å². The first kappa shape index (κ1) is 23.7. The van der Waals surface area contributed by atoms with E-state index in [2.05, 4.69) is 0 Å². The van der Waals surface area contributed by atoms with Crippen molar-refractivity contribution in [2.45, 2.75) is 13.5 Å². The highest BCUT2D eigenvalue weighted by atomic mass is 35.5. The summed E-state index contributed by atoms with van der Waals surface area (Å²) in [6.45, 7) is 2.70. The van der Waals surface area contributed by atoms with Gasteiger partial charge in [0.2, 0.25) is 0 Å². The van der Waals surface area contributed by atoms with Crippen LogP contribution in [0.4, 0.5) is 10.5 Å². The molecule has 0 saturated carbocycles. The topological polar surface area (TPSA) is 65.1 Å². The molecule has 3 aromatic rings. The van der Waals surface area contributed by atoms with Crippen LogP contribution in [0.1, 0.15) is 18.1 Å². The summed E-state index contributed by atoms with van der Waals surface area (Å²) < 4.78 is 16.8. The second kappa shape index (κ2) is 10.7. The zero-order chi connectivity index (χ0) is 24.1. The lowest BCUT2D eigenvalue weighted by atomic mass is 10.1. The van der Waals surface area contributed by atoms with Gasteiger partial charge in [0.15, 0.2) is 11.5 Å². The van der Waals surface area contributed by atoms with Crippen LogP contribution < -0.4 is 19.1 Å². The summed E-state index contributed by atoms with van der Waals surface area (Å²) >= 11 is 6.83. The molecule has 0 spiro atoms. The van der Waals surface area contributed by atoms with Gasteiger partial charge in [0.1, 0.15) is 12.4 Å². The van der Waals surface area contributed by atoms with Crippen LogP contribution in [0.25, 0.3) is 6.08 Å². The number of ether oxygens (including phenoxy) is 3. The Morgan fingerprint density at radius 3 is 2.35 bits per heavy atom. The molecule has 0 aliphatic carbocycles. The van der Waals surface area contributed by atoms with Gasteiger partial charge in [0.25, 0.3) is 11.1 Å². The summed E-state index contributed by atoms with van der Waals surface area (Å²) in [6, 6.07) is 19.6. The van der Waals surface area contributed by atoms with Crippen LogP contribution in [0.2, 0.25) is 5.02 Å². The number of halogens is 1. The Hall–Kier alpha value is -3.42. The SMILES string of the molecule is CCOc1cc(/C=C2\SC(=O)N(c3ccc(OC)cc3)C2=O)ccc1OCc1ccc(Cl)cc1. The van der Waals surface area contributed by atoms with Gasteiger partial charge in [-0.1, -0.05) is 29.8 Å². The summed E-state index contributed by atoms with van der Waals surface area (Å²) in [4.78, 5) is 27.0. The molecular formula is C26H22ClNO5S. The van der Waals surface area contributed by atoms with Gasteiger partial charge in [-0.3, -0.25) is 9.59 Å². The maximum atomic E-state index is 13.0. The fourth-order valence-corrected chi connectivity index (χ4v) is 4.28. The smallest absolute Gasteiger partial charge is 0.298 e. The van der Waals surface area contributed by atoms with Gasteiger partial charge in [0.05, 0.1) is 24.3 Å². The minimum absolute atomic E-state index is 0.332. The molecule has 0 radical (unpaired) electrons. The summed E-state index contributed by atoms with van der Waals surface area (Å²) in [5.41, 5.74) is 2.19. The second-order valence-electron chi connectivity index (χ2n) is 7.27. The van der Waals surface area contributed by atoms with Crippen molar-refractivity contribution in [3.63, 3.8) is 0 Å². The van der Waals surface area contributed by atoms with Crippen molar-refractivity contribution < 1.29 is 23.8 Å². The van der Waals surface area contributed by atoms with Crippen LogP contribution in [0.3, 0.4) is 0 Å². The van der Waals surface area contributed by atoms with Crippen molar-refractivity contribution in [3.8, 4) is 17.2 Å². The summed E-state index contributed by atoms with van der Waals surface area (Å²) in [5, 5.41) is 0.314. The van der Waals surface area contributed by atoms with E-state index >= 15 is 0 Å². The Morgan fingerprint density at radius 1 is 0.941 bits per heavy atom. The Labute approximate surface area is 207 Å². The molecule has 1 aliphatic rings. The van der Waals surface area contributed by atoms with E-state index in [-0.39, 0.29) is 11.1 Å². The Morgan fingerprint density at radius 2 is 1.68 bits per heavy atom. The number of benzene rings is 3. The molecular weight excluding hydrogens is 474 g/mol. The molecule has 0 unspecified atom stereocenters. The van der Waals surface area contributed by atoms with Gasteiger partial charge in [-0.2, -0.15) is 0 Å². The van der Waals surface area contributed by atoms with Gasteiger partial charge in [-0.25, -0.2) is 4.90 Å². The summed E-state index contributed by atoms with van der Waals surface area (Å²) in [7, 11) is 1.56. The molecule has 1 aliphatic heterocycles. The van der Waals surface area contributed by atoms with E-state index in [1.54, 1.807) is 49.6 Å². The van der Waals surface area contributed by atoms with Gasteiger partial charge < -0.3 is 14.2 Å². The molecule has 0 bridgehead atoms. The van der Waals surface area contributed by atoms with E-state index in [9.17, 15) is 9.59 Å². The van der Waals surface area contributed by atoms with Gasteiger partial charge in [-0.05, 0) is 84.4 Å². The molecule has 2 amide bonds. The second-order valence-corrected chi connectivity index (χ2v) is 8.70. The molecule has 1 fully saturated rings. The number of anilines is 1. The average Bonchev–Trinajstić information content (AvgIpc) is 3.12. The summed E-state index contributed by atoms with van der Waals surface area (Å²) in [6.07, 6.45) is 1.68. The van der Waals surface area contributed by atoms with Gasteiger partial charge >= 0.3 is 0 Å². The number of hydrogen-bond acceptors (Lipinski definition) is 6. The fraction of sp³-hybridized carbons (Fsp3) is 0.154. The predicted octanol–water partition coefficient (Wildman–Crippen LogP) is 6.57. The fourth-order valence-electron chi connectivity index (χ4n) is 3.32. The lowest BCUT2D eigenvalue weighted by molar-refractivity contribution is -0.113. The zero-order valence-corrected chi connectivity index (χ0v) is 20.2. The zero-order valence-electron chi connectivity index (χ0n) is 18.6. The first-order chi connectivity index (χ1) is 16.5. The molecule has 0 aromatic heterocycles. The third kappa shape index (κ3) is 5.38. The van der Waals surface area contributed by atoms with Gasteiger partial charge in [0, 0.05) is 5.02 Å². The molecule has 1 heterocycles. The normalized spacial score (nSPS) is 14.6. The van der Waals surface area contributed by atoms with E-state index in [1.165, 1.54) is 0 Å². The maximum Gasteiger partial charge on any atom is 0.298 e. The van der Waals surface area contributed by atoms with E-state index in [4.69, 9.17) is 25.8 Å². The maximum absolute atomic E-state index is 13.0. The van der Waals surface area contributed by atoms with Crippen LogP contribution >= 0.6 is 23.4 Å². The number of methoxy groups -OCH3 is 1. The van der Waals surface area contributed by atoms with Crippen molar-refractivity contribution in [3.05, 3.63) is 87.8 Å². The first-order valence-corrected chi connectivity index (χ1v) is 11.7. The van der Waals surface area contributed by atoms with E-state index in [1.807, 2.05) is 37.3 Å². The van der Waals surface area contributed by atoms with E-state index in [0.717, 1.165) is 27.8 Å². The van der Waals surface area contributed by atoms with Crippen molar-refractivity contribution >= 4 is 46.3 Å². The Balaban J connectivity index is 1.53. The third-order valence-electron chi connectivity index (χ3n) is 5.00. The predicted molar refractivity (Wildman–Crippen MR) is 135 cm³/mol. The highest BCUT2D eigenvalue weighted by molar-refractivity contribution is 8.19. The molecule has 4 rings (SSSR count). The monoisotopic (exact) mass is 495 g/mol. The number of nitrogens with zero attached hydrogens (tertiary/aromatic N) is 1. The van der Waals surface area contributed by atoms with Crippen molar-refractivity contribution in [2.75, 3.05) is 18.6 Å². The molecule has 3 aromatic carbocycles.